The molecule has 5 nitrogen and oxygen atoms in total. The molecule has 0 spiro atoms. The summed E-state index contributed by atoms with van der Waals surface area (Å²) in [6.45, 7) is 2.23. The van der Waals surface area contributed by atoms with Crippen LogP contribution in [0.25, 0.3) is 78.2 Å². The van der Waals surface area contributed by atoms with Crippen molar-refractivity contribution in [3.63, 3.8) is 0 Å². The lowest BCUT2D eigenvalue weighted by atomic mass is 9.88. The largest absolute Gasteiger partial charge is 0.404 e. The van der Waals surface area contributed by atoms with Crippen molar-refractivity contribution in [1.29, 1.82) is 0 Å². The fourth-order valence-electron chi connectivity index (χ4n) is 8.41. The highest BCUT2D eigenvalue weighted by molar-refractivity contribution is 8.00. The number of aromatic nitrogens is 3. The molecule has 0 bridgehead atoms. The summed E-state index contributed by atoms with van der Waals surface area (Å²) in [6.07, 6.45) is 14.0. The fraction of sp³-hybridized carbons (Fsp3) is 0.0556. The van der Waals surface area contributed by atoms with E-state index in [1.54, 1.807) is 6.20 Å². The van der Waals surface area contributed by atoms with Crippen LogP contribution in [-0.2, 0) is 0 Å². The molecule has 0 saturated heterocycles. The number of thioether (sulfide) groups is 1. The first-order valence-corrected chi connectivity index (χ1v) is 21.1. The van der Waals surface area contributed by atoms with Crippen LogP contribution in [0.4, 0.5) is 5.69 Å². The smallest absolute Gasteiger partial charge is 0.103 e. The molecule has 0 fully saturated rings. The lowest BCUT2D eigenvalue weighted by molar-refractivity contribution is 1.14. The predicted octanol–water partition coefficient (Wildman–Crippen LogP) is 11.9. The van der Waals surface area contributed by atoms with E-state index in [2.05, 4.69) is 156 Å². The summed E-state index contributed by atoms with van der Waals surface area (Å²) in [6, 6.07) is 54.6. The average molecular weight is 792 g/mol. The van der Waals surface area contributed by atoms with Crippen molar-refractivity contribution in [3.8, 4) is 55.6 Å². The van der Waals surface area contributed by atoms with Crippen molar-refractivity contribution >= 4 is 40.0 Å². The second kappa shape index (κ2) is 16.2. The van der Waals surface area contributed by atoms with Crippen molar-refractivity contribution < 1.29 is 0 Å². The van der Waals surface area contributed by atoms with Crippen LogP contribution in [0.15, 0.2) is 194 Å². The van der Waals surface area contributed by atoms with Gasteiger partial charge in [0.25, 0.3) is 0 Å². The molecule has 0 radical (unpaired) electrons. The van der Waals surface area contributed by atoms with Crippen LogP contribution in [0, 0.1) is 0 Å². The normalized spacial score (nSPS) is 14.2. The summed E-state index contributed by atoms with van der Waals surface area (Å²) in [7, 11) is 0. The highest BCUT2D eigenvalue weighted by Gasteiger charge is 2.24. The van der Waals surface area contributed by atoms with E-state index in [-0.39, 0.29) is 5.37 Å². The summed E-state index contributed by atoms with van der Waals surface area (Å²) >= 11 is 1.86. The molecule has 10 rings (SSSR count). The third kappa shape index (κ3) is 7.23. The molecule has 60 heavy (non-hydrogen) atoms. The Kier molecular flexibility index (Phi) is 9.97. The van der Waals surface area contributed by atoms with E-state index in [4.69, 9.17) is 10.7 Å². The summed E-state index contributed by atoms with van der Waals surface area (Å²) in [4.78, 5) is 14.9. The summed E-state index contributed by atoms with van der Waals surface area (Å²) < 4.78 is 0. The van der Waals surface area contributed by atoms with Gasteiger partial charge in [0.1, 0.15) is 5.37 Å². The zero-order chi connectivity index (χ0) is 40.4. The van der Waals surface area contributed by atoms with E-state index in [1.807, 2.05) is 67.1 Å². The maximum absolute atomic E-state index is 6.24. The van der Waals surface area contributed by atoms with Crippen LogP contribution < -0.4 is 21.5 Å². The van der Waals surface area contributed by atoms with E-state index in [1.165, 1.54) is 21.4 Å². The van der Waals surface area contributed by atoms with Crippen LogP contribution >= 0.6 is 11.8 Å². The average Bonchev–Trinajstić information content (AvgIpc) is 3.77. The molecule has 0 amide bonds. The van der Waals surface area contributed by atoms with Gasteiger partial charge in [-0.15, -0.1) is 0 Å². The number of fused-ring (bicyclic) bond motifs is 2. The first kappa shape index (κ1) is 37.0. The molecule has 9 aromatic rings. The summed E-state index contributed by atoms with van der Waals surface area (Å²) in [5.41, 5.74) is 22.0. The molecule has 4 heterocycles. The molecular weight excluding hydrogens is 751 g/mol. The van der Waals surface area contributed by atoms with Gasteiger partial charge in [0.2, 0.25) is 0 Å². The molecular formula is C54H41N5S. The van der Waals surface area contributed by atoms with E-state index < -0.39 is 0 Å². The van der Waals surface area contributed by atoms with E-state index >= 15 is 0 Å². The topological polar surface area (TPSA) is 76.7 Å². The van der Waals surface area contributed by atoms with E-state index in [0.717, 1.165) is 89.1 Å². The van der Waals surface area contributed by atoms with Crippen molar-refractivity contribution in [2.45, 2.75) is 23.6 Å². The number of hydrogen-bond acceptors (Lipinski definition) is 6. The van der Waals surface area contributed by atoms with Gasteiger partial charge in [-0.3, -0.25) is 15.0 Å². The van der Waals surface area contributed by atoms with Crippen LogP contribution in [0.5, 0.6) is 0 Å². The van der Waals surface area contributed by atoms with Gasteiger partial charge < -0.3 is 11.1 Å². The standard InChI is InChI=1S/C54H41N5S/c1-2-48(49-15-5-3-11-35(49)30-55)45-25-44(26-46(29-45)51-34-58-33-38-12-4-6-16-50(38)51)43-24-42(27-47(28-43)54-59-52-17-7-8-18-53(52)60-54)41-22-39(36-13-9-19-56-31-36)21-40(23-41)37-14-10-20-57-32-37/h3-34,54,59H,2,55H2,1H3/b35-30-,49-48+. The maximum Gasteiger partial charge on any atom is 0.103 e. The highest BCUT2D eigenvalue weighted by atomic mass is 32.2. The minimum atomic E-state index is 0.0232. The molecule has 3 N–H and O–H groups in total. The molecule has 0 aliphatic carbocycles. The molecule has 1 aliphatic heterocycles. The number of hydrogen-bond donors (Lipinski definition) is 2. The molecule has 1 atom stereocenters. The number of nitrogens with two attached hydrogens (primary N) is 1. The number of anilines is 1. The number of nitrogens with zero attached hydrogens (tertiary/aromatic N) is 3. The number of rotatable bonds is 8. The van der Waals surface area contributed by atoms with E-state index in [9.17, 15) is 0 Å². The number of pyridine rings is 3. The van der Waals surface area contributed by atoms with Gasteiger partial charge in [-0.05, 0) is 157 Å². The van der Waals surface area contributed by atoms with Crippen LogP contribution in [0.2, 0.25) is 0 Å². The molecule has 3 aromatic heterocycles. The first-order chi connectivity index (χ1) is 29.6. The second-order valence-corrected chi connectivity index (χ2v) is 16.2. The third-order valence-electron chi connectivity index (χ3n) is 11.3. The Morgan fingerprint density at radius 3 is 1.87 bits per heavy atom. The minimum absolute atomic E-state index is 0.0232. The molecule has 6 aromatic carbocycles. The number of benzene rings is 6. The second-order valence-electron chi connectivity index (χ2n) is 15.1. The Labute approximate surface area is 354 Å². The van der Waals surface area contributed by atoms with Crippen molar-refractivity contribution in [2.75, 3.05) is 5.32 Å². The fourth-order valence-corrected chi connectivity index (χ4v) is 9.53. The lowest BCUT2D eigenvalue weighted by Gasteiger charge is -2.19. The maximum atomic E-state index is 6.24. The van der Waals surface area contributed by atoms with Crippen molar-refractivity contribution in [1.82, 2.24) is 15.0 Å². The van der Waals surface area contributed by atoms with Crippen molar-refractivity contribution in [3.05, 3.63) is 210 Å². The predicted molar refractivity (Wildman–Crippen MR) is 250 cm³/mol. The molecule has 1 unspecified atom stereocenters. The number of nitrogens with one attached hydrogen (secondary N) is 1. The van der Waals surface area contributed by atoms with Crippen LogP contribution in [0.3, 0.4) is 0 Å². The van der Waals surface area contributed by atoms with Gasteiger partial charge in [0.15, 0.2) is 0 Å². The van der Waals surface area contributed by atoms with E-state index in [0.29, 0.717) is 0 Å². The summed E-state index contributed by atoms with van der Waals surface area (Å²) in [5, 5.41) is 8.28. The van der Waals surface area contributed by atoms with Gasteiger partial charge >= 0.3 is 0 Å². The quantitative estimate of drug-likeness (QED) is 0.160. The van der Waals surface area contributed by atoms with Crippen LogP contribution in [-0.4, -0.2) is 15.0 Å². The molecule has 0 saturated carbocycles. The lowest BCUT2D eigenvalue weighted by Crippen LogP contribution is -2.28. The zero-order valence-corrected chi connectivity index (χ0v) is 33.9. The monoisotopic (exact) mass is 791 g/mol. The molecule has 6 heteroatoms. The highest BCUT2D eigenvalue weighted by Crippen LogP contribution is 2.48. The number of para-hydroxylation sites is 1. The Morgan fingerprint density at radius 1 is 0.583 bits per heavy atom. The first-order valence-electron chi connectivity index (χ1n) is 20.2. The van der Waals surface area contributed by atoms with Gasteiger partial charge in [0, 0.05) is 76.0 Å². The Bertz CT molecular complexity index is 3080. The minimum Gasteiger partial charge on any atom is -0.404 e. The molecule has 288 valence electrons. The SMILES string of the molecule is CC/C(c1cc(-c2cc(-c3cc(-c4cccnc4)cc(-c4cccnc4)c3)cc(C3Nc4ccccc4S3)c2)cc(-c2cncc3ccccc23)c1)=c1/cccc/c1=C/N. The van der Waals surface area contributed by atoms with Gasteiger partial charge in [-0.2, -0.15) is 0 Å². The van der Waals surface area contributed by atoms with Gasteiger partial charge in [-0.25, -0.2) is 0 Å². The Hall–Kier alpha value is -7.28. The van der Waals surface area contributed by atoms with Crippen molar-refractivity contribution in [2.24, 2.45) is 5.73 Å². The zero-order valence-electron chi connectivity index (χ0n) is 33.1. The Morgan fingerprint density at radius 2 is 1.18 bits per heavy atom. The van der Waals surface area contributed by atoms with Crippen LogP contribution in [0.1, 0.15) is 29.8 Å². The molecule has 1 aliphatic rings. The van der Waals surface area contributed by atoms with Gasteiger partial charge in [-0.1, -0.05) is 91.5 Å². The van der Waals surface area contributed by atoms with Gasteiger partial charge in [0.05, 0.1) is 0 Å². The Balaban J connectivity index is 1.23. The summed E-state index contributed by atoms with van der Waals surface area (Å²) in [5.74, 6) is 0. The third-order valence-corrected chi connectivity index (χ3v) is 12.6.